The molecule has 0 radical (unpaired) electrons. The molecule has 0 bridgehead atoms. The molecular weight excluding hydrogens is 296 g/mol. The Bertz CT molecular complexity index is 620. The van der Waals surface area contributed by atoms with E-state index in [4.69, 9.17) is 0 Å². The molecule has 116 valence electrons. The molecule has 2 aromatic heterocycles. The summed E-state index contributed by atoms with van der Waals surface area (Å²) in [7, 11) is 0. The van der Waals surface area contributed by atoms with Gasteiger partial charge in [0.25, 0.3) is 5.91 Å². The quantitative estimate of drug-likeness (QED) is 0.941. The Kier molecular flexibility index (Phi) is 4.80. The van der Waals surface area contributed by atoms with E-state index in [0.29, 0.717) is 4.88 Å². The van der Waals surface area contributed by atoms with Gasteiger partial charge in [0.05, 0.1) is 11.9 Å². The largest absolute Gasteiger partial charge is 0.348 e. The Morgan fingerprint density at radius 2 is 2.18 bits per heavy atom. The van der Waals surface area contributed by atoms with Gasteiger partial charge in [0.1, 0.15) is 9.88 Å². The highest BCUT2D eigenvalue weighted by Gasteiger charge is 2.21. The highest BCUT2D eigenvalue weighted by Crippen LogP contribution is 2.23. The number of carbonyl (C=O) groups excluding carboxylic acids is 1. The lowest BCUT2D eigenvalue weighted by Gasteiger charge is -2.31. The molecule has 3 rings (SSSR count). The summed E-state index contributed by atoms with van der Waals surface area (Å²) >= 11 is 1.39. The molecule has 5 nitrogen and oxygen atoms in total. The van der Waals surface area contributed by atoms with Crippen molar-refractivity contribution in [3.63, 3.8) is 0 Å². The minimum absolute atomic E-state index is 0.0189. The Morgan fingerprint density at radius 3 is 2.86 bits per heavy atom. The summed E-state index contributed by atoms with van der Waals surface area (Å²) in [5.74, 6) is -0.0189. The molecule has 2 aromatic rings. The summed E-state index contributed by atoms with van der Waals surface area (Å²) in [5.41, 5.74) is 0.808. The number of piperidine rings is 1. The molecular formula is C16H20N4OS. The van der Waals surface area contributed by atoms with Crippen LogP contribution in [-0.4, -0.2) is 46.5 Å². The van der Waals surface area contributed by atoms with Gasteiger partial charge in [0, 0.05) is 25.3 Å². The molecule has 6 heteroatoms. The van der Waals surface area contributed by atoms with Crippen LogP contribution in [0.2, 0.25) is 0 Å². The van der Waals surface area contributed by atoms with Gasteiger partial charge < -0.3 is 10.2 Å². The van der Waals surface area contributed by atoms with Crippen LogP contribution in [0.5, 0.6) is 0 Å². The van der Waals surface area contributed by atoms with Crippen LogP contribution in [0.25, 0.3) is 10.7 Å². The van der Waals surface area contributed by atoms with E-state index in [-0.39, 0.29) is 11.9 Å². The third kappa shape index (κ3) is 3.51. The first kappa shape index (κ1) is 15.1. The zero-order chi connectivity index (χ0) is 15.4. The van der Waals surface area contributed by atoms with E-state index in [1.807, 2.05) is 18.2 Å². The third-order valence-electron chi connectivity index (χ3n) is 3.98. The van der Waals surface area contributed by atoms with Gasteiger partial charge >= 0.3 is 0 Å². The second-order valence-electron chi connectivity index (χ2n) is 5.43. The van der Waals surface area contributed by atoms with Gasteiger partial charge in [0.15, 0.2) is 0 Å². The Labute approximate surface area is 134 Å². The highest BCUT2D eigenvalue weighted by molar-refractivity contribution is 7.16. The second-order valence-corrected chi connectivity index (χ2v) is 6.46. The van der Waals surface area contributed by atoms with Crippen LogP contribution in [0, 0.1) is 0 Å². The van der Waals surface area contributed by atoms with Crippen molar-refractivity contribution in [1.29, 1.82) is 0 Å². The van der Waals surface area contributed by atoms with Crippen LogP contribution >= 0.6 is 11.3 Å². The average molecular weight is 316 g/mol. The standard InChI is InChI=1S/C16H20N4OS/c1-2-20-9-6-12(7-10-20)19-15(21)14-11-18-16(22-14)13-5-3-4-8-17-13/h3-5,8,11-12H,2,6-7,9-10H2,1H3,(H,19,21). The van der Waals surface area contributed by atoms with Gasteiger partial charge in [0.2, 0.25) is 0 Å². The van der Waals surface area contributed by atoms with Crippen LogP contribution in [0.4, 0.5) is 0 Å². The summed E-state index contributed by atoms with van der Waals surface area (Å²) < 4.78 is 0. The number of nitrogens with zero attached hydrogens (tertiary/aromatic N) is 3. The van der Waals surface area contributed by atoms with Crippen LogP contribution in [0.15, 0.2) is 30.6 Å². The molecule has 1 saturated heterocycles. The number of carbonyl (C=O) groups is 1. The van der Waals surface area contributed by atoms with Gasteiger partial charge in [-0.2, -0.15) is 0 Å². The number of amides is 1. The number of nitrogens with one attached hydrogen (secondary N) is 1. The summed E-state index contributed by atoms with van der Waals surface area (Å²) in [5, 5.41) is 3.91. The van der Waals surface area contributed by atoms with E-state index in [2.05, 4.69) is 27.1 Å². The van der Waals surface area contributed by atoms with E-state index in [0.717, 1.165) is 43.2 Å². The van der Waals surface area contributed by atoms with Gasteiger partial charge in [-0.15, -0.1) is 11.3 Å². The Morgan fingerprint density at radius 1 is 1.36 bits per heavy atom. The molecule has 0 aromatic carbocycles. The predicted octanol–water partition coefficient (Wildman–Crippen LogP) is 2.42. The zero-order valence-corrected chi connectivity index (χ0v) is 13.5. The van der Waals surface area contributed by atoms with Crippen LogP contribution in [-0.2, 0) is 0 Å². The van der Waals surface area contributed by atoms with E-state index >= 15 is 0 Å². The first-order chi connectivity index (χ1) is 10.8. The minimum atomic E-state index is -0.0189. The lowest BCUT2D eigenvalue weighted by atomic mass is 10.1. The summed E-state index contributed by atoms with van der Waals surface area (Å²) in [6, 6.07) is 5.97. The first-order valence-electron chi connectivity index (χ1n) is 7.66. The molecule has 0 aliphatic carbocycles. The van der Waals surface area contributed by atoms with Crippen molar-refractivity contribution in [3.8, 4) is 10.7 Å². The van der Waals surface area contributed by atoms with Crippen molar-refractivity contribution in [2.45, 2.75) is 25.8 Å². The van der Waals surface area contributed by atoms with Crippen molar-refractivity contribution < 1.29 is 4.79 Å². The average Bonchev–Trinajstić information content (AvgIpc) is 3.06. The van der Waals surface area contributed by atoms with Crippen molar-refractivity contribution in [2.24, 2.45) is 0 Å². The molecule has 1 amide bonds. The zero-order valence-electron chi connectivity index (χ0n) is 12.7. The second kappa shape index (κ2) is 6.98. The van der Waals surface area contributed by atoms with E-state index in [9.17, 15) is 4.79 Å². The molecule has 1 fully saturated rings. The van der Waals surface area contributed by atoms with Crippen molar-refractivity contribution in [2.75, 3.05) is 19.6 Å². The third-order valence-corrected chi connectivity index (χ3v) is 5.00. The fraction of sp³-hybridized carbons (Fsp3) is 0.438. The fourth-order valence-corrected chi connectivity index (χ4v) is 3.43. The maximum Gasteiger partial charge on any atom is 0.263 e. The molecule has 1 N–H and O–H groups in total. The number of hydrogen-bond acceptors (Lipinski definition) is 5. The molecule has 0 spiro atoms. The van der Waals surface area contributed by atoms with Crippen molar-refractivity contribution in [1.82, 2.24) is 20.2 Å². The number of pyridine rings is 1. The molecule has 0 saturated carbocycles. The maximum atomic E-state index is 12.3. The summed E-state index contributed by atoms with van der Waals surface area (Å²) in [4.78, 5) is 24.0. The molecule has 1 aliphatic rings. The van der Waals surface area contributed by atoms with Gasteiger partial charge in [-0.3, -0.25) is 9.78 Å². The van der Waals surface area contributed by atoms with E-state index in [1.165, 1.54) is 11.3 Å². The molecule has 3 heterocycles. The van der Waals surface area contributed by atoms with E-state index in [1.54, 1.807) is 12.4 Å². The normalized spacial score (nSPS) is 16.6. The van der Waals surface area contributed by atoms with Crippen LogP contribution < -0.4 is 5.32 Å². The Balaban J connectivity index is 1.60. The number of rotatable bonds is 4. The summed E-state index contributed by atoms with van der Waals surface area (Å²) in [6.07, 6.45) is 5.42. The van der Waals surface area contributed by atoms with Gasteiger partial charge in [-0.05, 0) is 31.5 Å². The lowest BCUT2D eigenvalue weighted by Crippen LogP contribution is -2.44. The first-order valence-corrected chi connectivity index (χ1v) is 8.48. The number of hydrogen-bond donors (Lipinski definition) is 1. The van der Waals surface area contributed by atoms with Crippen molar-refractivity contribution in [3.05, 3.63) is 35.5 Å². The summed E-state index contributed by atoms with van der Waals surface area (Å²) in [6.45, 7) is 5.38. The maximum absolute atomic E-state index is 12.3. The van der Waals surface area contributed by atoms with Crippen LogP contribution in [0.3, 0.4) is 0 Å². The fourth-order valence-electron chi connectivity index (χ4n) is 2.64. The molecule has 0 unspecified atom stereocenters. The van der Waals surface area contributed by atoms with Crippen molar-refractivity contribution >= 4 is 17.2 Å². The molecule has 0 atom stereocenters. The highest BCUT2D eigenvalue weighted by atomic mass is 32.1. The van der Waals surface area contributed by atoms with Crippen LogP contribution in [0.1, 0.15) is 29.4 Å². The Hall–Kier alpha value is -1.79. The number of aromatic nitrogens is 2. The van der Waals surface area contributed by atoms with Gasteiger partial charge in [-0.1, -0.05) is 13.0 Å². The number of likely N-dealkylation sites (tertiary alicyclic amines) is 1. The molecule has 1 aliphatic heterocycles. The molecule has 22 heavy (non-hydrogen) atoms. The van der Waals surface area contributed by atoms with E-state index < -0.39 is 0 Å². The smallest absolute Gasteiger partial charge is 0.263 e. The van der Waals surface area contributed by atoms with Gasteiger partial charge in [-0.25, -0.2) is 4.98 Å². The minimum Gasteiger partial charge on any atom is -0.348 e. The SMILES string of the molecule is CCN1CCC(NC(=O)c2cnc(-c3ccccn3)s2)CC1. The lowest BCUT2D eigenvalue weighted by molar-refractivity contribution is 0.0916. The topological polar surface area (TPSA) is 58.1 Å². The number of thiazole rings is 1. The monoisotopic (exact) mass is 316 g/mol. The predicted molar refractivity (Wildman–Crippen MR) is 87.9 cm³/mol.